The number of alkyl halides is 3. The second-order valence-electron chi connectivity index (χ2n) is 10.4. The van der Waals surface area contributed by atoms with Crippen LogP contribution in [-0.4, -0.2) is 44.2 Å². The summed E-state index contributed by atoms with van der Waals surface area (Å²) in [5.41, 5.74) is 2.38. The van der Waals surface area contributed by atoms with E-state index in [1.807, 2.05) is 18.2 Å². The molecule has 0 radical (unpaired) electrons. The van der Waals surface area contributed by atoms with Crippen LogP contribution in [0.15, 0.2) is 55.1 Å². The number of carboxylic acids is 1. The van der Waals surface area contributed by atoms with Crippen molar-refractivity contribution in [2.75, 3.05) is 11.9 Å². The van der Waals surface area contributed by atoms with Gasteiger partial charge in [0.1, 0.15) is 12.1 Å². The number of nitrogens with one attached hydrogen (secondary N) is 2. The molecule has 2 heterocycles. The molecule has 3 aromatic rings. The minimum absolute atomic E-state index is 0.0357. The zero-order chi connectivity index (χ0) is 27.5. The summed E-state index contributed by atoms with van der Waals surface area (Å²) < 4.78 is 39.4. The molecule has 1 amide bonds. The number of benzene rings is 1. The number of aromatic nitrogens is 3. The Bertz CT molecular complexity index is 1260. The van der Waals surface area contributed by atoms with Crippen molar-refractivity contribution in [2.24, 2.45) is 11.3 Å². The van der Waals surface area contributed by atoms with Gasteiger partial charge in [0, 0.05) is 18.3 Å². The molecule has 11 heteroatoms. The topological polar surface area (TPSA) is 109 Å². The van der Waals surface area contributed by atoms with E-state index >= 15 is 0 Å². The van der Waals surface area contributed by atoms with E-state index in [0.29, 0.717) is 17.3 Å². The first-order valence-electron chi connectivity index (χ1n) is 12.3. The Labute approximate surface area is 218 Å². The van der Waals surface area contributed by atoms with Crippen LogP contribution in [0, 0.1) is 11.3 Å². The number of nitrogens with zero attached hydrogens (tertiary/aromatic N) is 3. The van der Waals surface area contributed by atoms with Crippen LogP contribution in [0.3, 0.4) is 0 Å². The van der Waals surface area contributed by atoms with Gasteiger partial charge in [-0.15, -0.1) is 0 Å². The normalized spacial score (nSPS) is 15.9. The molecule has 38 heavy (non-hydrogen) atoms. The van der Waals surface area contributed by atoms with Gasteiger partial charge in [-0.25, -0.2) is 9.97 Å². The highest BCUT2D eigenvalue weighted by Gasteiger charge is 2.41. The number of carbonyl (C=O) groups excluding carboxylic acids is 1. The van der Waals surface area contributed by atoms with E-state index in [2.05, 4.69) is 34.4 Å². The average Bonchev–Trinajstić information content (AvgIpc) is 3.28. The number of anilines is 1. The maximum Gasteiger partial charge on any atom is 0.394 e. The van der Waals surface area contributed by atoms with Gasteiger partial charge in [0.2, 0.25) is 0 Å². The monoisotopic (exact) mass is 529 g/mol. The Hall–Kier alpha value is -3.89. The molecule has 1 aromatic carbocycles. The van der Waals surface area contributed by atoms with E-state index in [1.54, 1.807) is 24.4 Å². The number of amides is 1. The highest BCUT2D eigenvalue weighted by atomic mass is 19.4. The summed E-state index contributed by atoms with van der Waals surface area (Å²) in [6.45, 7) is 4.50. The van der Waals surface area contributed by atoms with Crippen LogP contribution in [0.4, 0.5) is 18.9 Å². The Morgan fingerprint density at radius 1 is 1.13 bits per heavy atom. The summed E-state index contributed by atoms with van der Waals surface area (Å²) >= 11 is 0. The number of halogens is 3. The zero-order valence-corrected chi connectivity index (χ0v) is 21.1. The number of hydrogen-bond acceptors (Lipinski definition) is 5. The summed E-state index contributed by atoms with van der Waals surface area (Å²) in [5, 5.41) is 14.9. The minimum Gasteiger partial charge on any atom is -0.481 e. The van der Waals surface area contributed by atoms with Gasteiger partial charge in [-0.1, -0.05) is 26.0 Å². The lowest BCUT2D eigenvalue weighted by atomic mass is 9.61. The first-order valence-corrected chi connectivity index (χ1v) is 12.3. The van der Waals surface area contributed by atoms with E-state index in [9.17, 15) is 22.8 Å². The second kappa shape index (κ2) is 10.8. The molecular weight excluding hydrogens is 499 g/mol. The number of carboxylic acid groups (broad SMARTS) is 1. The molecule has 3 N–H and O–H groups in total. The predicted octanol–water partition coefficient (Wildman–Crippen LogP) is 5.17. The number of aliphatic carboxylic acids is 1. The molecule has 202 valence electrons. The van der Waals surface area contributed by atoms with Crippen molar-refractivity contribution in [3.05, 3.63) is 71.9 Å². The zero-order valence-electron chi connectivity index (χ0n) is 21.1. The van der Waals surface area contributed by atoms with E-state index < -0.39 is 18.6 Å². The number of rotatable bonds is 10. The predicted molar refractivity (Wildman–Crippen MR) is 135 cm³/mol. The molecule has 1 atom stereocenters. The van der Waals surface area contributed by atoms with Crippen molar-refractivity contribution in [3.8, 4) is 5.82 Å². The number of carbonyl (C=O) groups is 2. The largest absolute Gasteiger partial charge is 0.481 e. The molecule has 0 aliphatic heterocycles. The lowest BCUT2D eigenvalue weighted by Crippen LogP contribution is -2.38. The number of hydrogen-bond donors (Lipinski definition) is 3. The standard InChI is InChI=1S/C27H30F3N5O3/c1-26(2)11-19(12-26)24(17-3-5-18(6-4-17)25(38)31-10-9-23(36)37)34-20-7-8-22(32-14-20)35-15-21(33-16-35)13-27(28,29)30/h3-8,14-16,19,24,34H,9-13H2,1-2H3,(H,31,38)(H,36,37). The fraction of sp³-hybridized carbons (Fsp3) is 0.407. The summed E-state index contributed by atoms with van der Waals surface area (Å²) in [6, 6.07) is 10.7. The Kier molecular flexibility index (Phi) is 7.75. The van der Waals surface area contributed by atoms with E-state index in [1.165, 1.54) is 17.1 Å². The van der Waals surface area contributed by atoms with Gasteiger partial charge in [0.25, 0.3) is 5.91 Å². The van der Waals surface area contributed by atoms with Gasteiger partial charge < -0.3 is 15.7 Å². The molecule has 1 aliphatic rings. The highest BCUT2D eigenvalue weighted by molar-refractivity contribution is 5.94. The van der Waals surface area contributed by atoms with Crippen molar-refractivity contribution >= 4 is 17.6 Å². The van der Waals surface area contributed by atoms with Gasteiger partial charge in [-0.2, -0.15) is 13.2 Å². The molecule has 4 rings (SSSR count). The maximum absolute atomic E-state index is 12.6. The summed E-state index contributed by atoms with van der Waals surface area (Å²) in [7, 11) is 0. The summed E-state index contributed by atoms with van der Waals surface area (Å²) in [4.78, 5) is 31.2. The van der Waals surface area contributed by atoms with Crippen LogP contribution in [-0.2, 0) is 11.2 Å². The van der Waals surface area contributed by atoms with E-state index in [0.717, 1.165) is 24.1 Å². The molecule has 0 spiro atoms. The number of imidazole rings is 1. The first kappa shape index (κ1) is 27.2. The van der Waals surface area contributed by atoms with Crippen LogP contribution in [0.25, 0.3) is 5.82 Å². The van der Waals surface area contributed by atoms with Crippen molar-refractivity contribution in [1.29, 1.82) is 0 Å². The maximum atomic E-state index is 12.6. The molecule has 1 fully saturated rings. The molecule has 0 saturated heterocycles. The van der Waals surface area contributed by atoms with Crippen molar-refractivity contribution < 1.29 is 27.9 Å². The lowest BCUT2D eigenvalue weighted by molar-refractivity contribution is -0.136. The second-order valence-corrected chi connectivity index (χ2v) is 10.4. The minimum atomic E-state index is -4.33. The van der Waals surface area contributed by atoms with Crippen molar-refractivity contribution in [3.63, 3.8) is 0 Å². The van der Waals surface area contributed by atoms with Crippen LogP contribution in [0.1, 0.15) is 60.8 Å². The molecule has 2 aromatic heterocycles. The third-order valence-electron chi connectivity index (χ3n) is 6.61. The molecular formula is C27H30F3N5O3. The van der Waals surface area contributed by atoms with Gasteiger partial charge in [0.15, 0.2) is 0 Å². The van der Waals surface area contributed by atoms with Crippen LogP contribution >= 0.6 is 0 Å². The molecule has 1 aliphatic carbocycles. The Balaban J connectivity index is 1.46. The molecule has 8 nitrogen and oxygen atoms in total. The van der Waals surface area contributed by atoms with Gasteiger partial charge in [-0.05, 0) is 54.0 Å². The van der Waals surface area contributed by atoms with Crippen molar-refractivity contribution in [1.82, 2.24) is 19.9 Å². The van der Waals surface area contributed by atoms with Crippen LogP contribution in [0.2, 0.25) is 0 Å². The van der Waals surface area contributed by atoms with Gasteiger partial charge >= 0.3 is 12.1 Å². The summed E-state index contributed by atoms with van der Waals surface area (Å²) in [5.74, 6) is -0.490. The van der Waals surface area contributed by atoms with Crippen molar-refractivity contribution in [2.45, 2.75) is 51.7 Å². The lowest BCUT2D eigenvalue weighted by Gasteiger charge is -2.47. The molecule has 0 bridgehead atoms. The highest BCUT2D eigenvalue weighted by Crippen LogP contribution is 2.51. The van der Waals surface area contributed by atoms with E-state index in [4.69, 9.17) is 5.11 Å². The third-order valence-corrected chi connectivity index (χ3v) is 6.61. The fourth-order valence-electron chi connectivity index (χ4n) is 4.88. The average molecular weight is 530 g/mol. The van der Waals surface area contributed by atoms with E-state index in [-0.39, 0.29) is 36.0 Å². The third kappa shape index (κ3) is 7.11. The smallest absolute Gasteiger partial charge is 0.394 e. The quantitative estimate of drug-likeness (QED) is 0.335. The first-order chi connectivity index (χ1) is 17.9. The fourth-order valence-corrected chi connectivity index (χ4v) is 4.88. The Morgan fingerprint density at radius 2 is 1.84 bits per heavy atom. The van der Waals surface area contributed by atoms with Gasteiger partial charge in [-0.3, -0.25) is 14.2 Å². The van der Waals surface area contributed by atoms with Crippen LogP contribution in [0.5, 0.6) is 0 Å². The SMILES string of the molecule is CC1(C)CC(C(Nc2ccc(-n3cnc(CC(F)(F)F)c3)nc2)c2ccc(C(=O)NCCC(=O)O)cc2)C1. The molecule has 1 saturated carbocycles. The van der Waals surface area contributed by atoms with Gasteiger partial charge in [0.05, 0.1) is 36.5 Å². The molecule has 1 unspecified atom stereocenters. The Morgan fingerprint density at radius 3 is 2.42 bits per heavy atom. The van der Waals surface area contributed by atoms with Crippen LogP contribution < -0.4 is 10.6 Å². The number of pyridine rings is 1. The summed E-state index contributed by atoms with van der Waals surface area (Å²) in [6.07, 6.45) is 0.747.